The normalized spacial score (nSPS) is 24.2. The number of carbonyl (C=O) groups excluding carboxylic acids is 1. The van der Waals surface area contributed by atoms with E-state index in [-0.39, 0.29) is 11.9 Å². The minimum atomic E-state index is 0.0308. The average Bonchev–Trinajstić information content (AvgIpc) is 3.36. The zero-order chi connectivity index (χ0) is 22.2. The summed E-state index contributed by atoms with van der Waals surface area (Å²) in [6.07, 6.45) is 12.7. The zero-order valence-corrected chi connectivity index (χ0v) is 19.0. The number of aromatic nitrogens is 2. The number of carbonyl (C=O) groups is 1. The van der Waals surface area contributed by atoms with Crippen molar-refractivity contribution < 1.29 is 9.53 Å². The number of nitrogens with one attached hydrogen (secondary N) is 1. The predicted molar refractivity (Wildman–Crippen MR) is 127 cm³/mol. The highest BCUT2D eigenvalue weighted by Crippen LogP contribution is 2.28. The van der Waals surface area contributed by atoms with Crippen LogP contribution in [0.3, 0.4) is 0 Å². The van der Waals surface area contributed by atoms with Crippen LogP contribution in [0.25, 0.3) is 5.69 Å². The Hall–Kier alpha value is -2.44. The molecule has 1 aromatic carbocycles. The highest BCUT2D eigenvalue weighted by molar-refractivity contribution is 5.94. The molecule has 3 atom stereocenters. The molecule has 6 heteroatoms. The van der Waals surface area contributed by atoms with Gasteiger partial charge < -0.3 is 15.0 Å². The SMILES string of the molecule is C=CCOCC1CCCN(C[C@@H]2CCCCC2NC(=O)c2ccc(-n3cccn3)cc2)C1. The number of rotatable bonds is 9. The van der Waals surface area contributed by atoms with Gasteiger partial charge in [0.25, 0.3) is 5.91 Å². The number of benzene rings is 1. The van der Waals surface area contributed by atoms with Gasteiger partial charge in [-0.25, -0.2) is 4.68 Å². The summed E-state index contributed by atoms with van der Waals surface area (Å²) < 4.78 is 7.51. The van der Waals surface area contributed by atoms with Crippen LogP contribution in [0, 0.1) is 11.8 Å². The predicted octanol–water partition coefficient (Wildman–Crippen LogP) is 4.08. The Morgan fingerprint density at radius 3 is 2.81 bits per heavy atom. The van der Waals surface area contributed by atoms with Gasteiger partial charge in [-0.1, -0.05) is 18.9 Å². The van der Waals surface area contributed by atoms with E-state index < -0.39 is 0 Å². The number of amides is 1. The minimum absolute atomic E-state index is 0.0308. The van der Waals surface area contributed by atoms with Crippen LogP contribution in [0.15, 0.2) is 55.4 Å². The lowest BCUT2D eigenvalue weighted by Gasteiger charge is -2.39. The van der Waals surface area contributed by atoms with Crippen molar-refractivity contribution in [3.8, 4) is 5.69 Å². The van der Waals surface area contributed by atoms with Crippen LogP contribution in [-0.2, 0) is 4.74 Å². The third kappa shape index (κ3) is 6.08. The molecule has 0 bridgehead atoms. The van der Waals surface area contributed by atoms with Crippen LogP contribution in [0.5, 0.6) is 0 Å². The third-order valence-corrected chi connectivity index (χ3v) is 6.81. The fourth-order valence-corrected chi connectivity index (χ4v) is 5.16. The van der Waals surface area contributed by atoms with Crippen molar-refractivity contribution in [1.82, 2.24) is 20.0 Å². The van der Waals surface area contributed by atoms with Gasteiger partial charge in [-0.3, -0.25) is 4.79 Å². The van der Waals surface area contributed by atoms with Gasteiger partial charge in [-0.2, -0.15) is 5.10 Å². The molecule has 1 N–H and O–H groups in total. The Balaban J connectivity index is 1.32. The second-order valence-corrected chi connectivity index (χ2v) is 9.22. The molecule has 2 aromatic rings. The van der Waals surface area contributed by atoms with Gasteiger partial charge >= 0.3 is 0 Å². The maximum Gasteiger partial charge on any atom is 0.251 e. The van der Waals surface area contributed by atoms with Crippen molar-refractivity contribution >= 4 is 5.91 Å². The minimum Gasteiger partial charge on any atom is -0.377 e. The van der Waals surface area contributed by atoms with Crippen molar-refractivity contribution in [2.75, 3.05) is 32.8 Å². The topological polar surface area (TPSA) is 59.4 Å². The Bertz CT molecular complexity index is 849. The monoisotopic (exact) mass is 436 g/mol. The van der Waals surface area contributed by atoms with Gasteiger partial charge in [-0.15, -0.1) is 6.58 Å². The van der Waals surface area contributed by atoms with E-state index in [9.17, 15) is 4.79 Å². The van der Waals surface area contributed by atoms with Gasteiger partial charge in [-0.05, 0) is 74.4 Å². The molecule has 1 amide bonds. The molecular formula is C26H36N4O2. The standard InChI is InChI=1S/C26H36N4O2/c1-2-17-32-20-21-7-5-15-29(18-21)19-23-8-3-4-9-25(23)28-26(31)22-10-12-24(13-11-22)30-16-6-14-27-30/h2,6,10-14,16,21,23,25H,1,3-5,7-9,15,17-20H2,(H,28,31)/t21?,23-,25?/m0/s1. The first kappa shape index (κ1) is 22.7. The van der Waals surface area contributed by atoms with Crippen molar-refractivity contribution in [3.63, 3.8) is 0 Å². The first-order chi connectivity index (χ1) is 15.7. The highest BCUT2D eigenvalue weighted by Gasteiger charge is 2.30. The summed E-state index contributed by atoms with van der Waals surface area (Å²) in [5, 5.41) is 7.60. The average molecular weight is 437 g/mol. The van der Waals surface area contributed by atoms with E-state index in [0.717, 1.165) is 38.3 Å². The van der Waals surface area contributed by atoms with Gasteiger partial charge in [0.15, 0.2) is 0 Å². The lowest BCUT2D eigenvalue weighted by atomic mass is 9.83. The summed E-state index contributed by atoms with van der Waals surface area (Å²) in [5.41, 5.74) is 1.67. The number of piperidine rings is 1. The number of likely N-dealkylation sites (tertiary alicyclic amines) is 1. The van der Waals surface area contributed by atoms with E-state index in [1.165, 1.54) is 32.1 Å². The van der Waals surface area contributed by atoms with Crippen LogP contribution in [0.1, 0.15) is 48.9 Å². The molecule has 0 radical (unpaired) electrons. The van der Waals surface area contributed by atoms with E-state index in [1.807, 2.05) is 42.6 Å². The Kier molecular flexibility index (Phi) is 8.13. The summed E-state index contributed by atoms with van der Waals surface area (Å²) in [5.74, 6) is 1.15. The first-order valence-electron chi connectivity index (χ1n) is 12.0. The third-order valence-electron chi connectivity index (χ3n) is 6.81. The molecule has 2 heterocycles. The van der Waals surface area contributed by atoms with Gasteiger partial charge in [0.1, 0.15) is 0 Å². The number of hydrogen-bond donors (Lipinski definition) is 1. The fraction of sp³-hybridized carbons (Fsp3) is 0.538. The van der Waals surface area contributed by atoms with Crippen LogP contribution in [-0.4, -0.2) is 59.5 Å². The molecule has 172 valence electrons. The summed E-state index contributed by atoms with van der Waals surface area (Å²) >= 11 is 0. The Morgan fingerprint density at radius 2 is 2.03 bits per heavy atom. The molecule has 32 heavy (non-hydrogen) atoms. The molecule has 2 unspecified atom stereocenters. The van der Waals surface area contributed by atoms with Gasteiger partial charge in [0, 0.05) is 37.1 Å². The number of nitrogens with zero attached hydrogens (tertiary/aromatic N) is 3. The fourth-order valence-electron chi connectivity index (χ4n) is 5.16. The molecule has 1 saturated heterocycles. The summed E-state index contributed by atoms with van der Waals surface area (Å²) in [4.78, 5) is 15.6. The molecule has 1 aromatic heterocycles. The molecule has 0 spiro atoms. The van der Waals surface area contributed by atoms with E-state index in [2.05, 4.69) is 21.9 Å². The lowest BCUT2D eigenvalue weighted by molar-refractivity contribution is 0.0599. The Labute approximate surface area is 191 Å². The molecule has 2 fully saturated rings. The van der Waals surface area contributed by atoms with Crippen molar-refractivity contribution in [3.05, 3.63) is 60.9 Å². The van der Waals surface area contributed by atoms with Crippen LogP contribution >= 0.6 is 0 Å². The first-order valence-corrected chi connectivity index (χ1v) is 12.0. The van der Waals surface area contributed by atoms with Crippen LogP contribution in [0.4, 0.5) is 0 Å². The van der Waals surface area contributed by atoms with E-state index in [0.29, 0.717) is 24.0 Å². The molecule has 1 saturated carbocycles. The molecule has 2 aliphatic rings. The van der Waals surface area contributed by atoms with E-state index >= 15 is 0 Å². The van der Waals surface area contributed by atoms with E-state index in [4.69, 9.17) is 4.74 Å². The Morgan fingerprint density at radius 1 is 1.19 bits per heavy atom. The molecule has 1 aliphatic carbocycles. The zero-order valence-electron chi connectivity index (χ0n) is 19.0. The number of hydrogen-bond acceptors (Lipinski definition) is 4. The number of ether oxygens (including phenoxy) is 1. The lowest BCUT2D eigenvalue weighted by Crippen LogP contribution is -2.48. The van der Waals surface area contributed by atoms with Crippen LogP contribution < -0.4 is 5.32 Å². The maximum absolute atomic E-state index is 13.0. The van der Waals surface area contributed by atoms with Crippen molar-refractivity contribution in [2.24, 2.45) is 11.8 Å². The summed E-state index contributed by atoms with van der Waals surface area (Å²) in [7, 11) is 0. The molecular weight excluding hydrogens is 400 g/mol. The van der Waals surface area contributed by atoms with E-state index in [1.54, 1.807) is 10.9 Å². The van der Waals surface area contributed by atoms with Crippen molar-refractivity contribution in [2.45, 2.75) is 44.6 Å². The largest absolute Gasteiger partial charge is 0.377 e. The molecule has 4 rings (SSSR count). The van der Waals surface area contributed by atoms with Gasteiger partial charge in [0.05, 0.1) is 18.9 Å². The van der Waals surface area contributed by atoms with Gasteiger partial charge in [0.2, 0.25) is 0 Å². The quantitative estimate of drug-likeness (QED) is 0.475. The van der Waals surface area contributed by atoms with Crippen molar-refractivity contribution in [1.29, 1.82) is 0 Å². The smallest absolute Gasteiger partial charge is 0.251 e. The van der Waals surface area contributed by atoms with Crippen LogP contribution in [0.2, 0.25) is 0 Å². The second-order valence-electron chi connectivity index (χ2n) is 9.22. The summed E-state index contributed by atoms with van der Waals surface area (Å²) in [6, 6.07) is 9.82. The highest BCUT2D eigenvalue weighted by atomic mass is 16.5. The second kappa shape index (κ2) is 11.4. The summed E-state index contributed by atoms with van der Waals surface area (Å²) in [6.45, 7) is 8.52. The molecule has 6 nitrogen and oxygen atoms in total. The maximum atomic E-state index is 13.0. The molecule has 1 aliphatic heterocycles.